The van der Waals surface area contributed by atoms with Crippen LogP contribution < -0.4 is 4.72 Å². The van der Waals surface area contributed by atoms with Crippen molar-refractivity contribution in [3.05, 3.63) is 53.8 Å². The molecule has 0 aliphatic rings. The van der Waals surface area contributed by atoms with Gasteiger partial charge in [0.25, 0.3) is 0 Å². The van der Waals surface area contributed by atoms with Gasteiger partial charge in [-0.3, -0.25) is 9.67 Å². The van der Waals surface area contributed by atoms with Gasteiger partial charge in [-0.15, -0.1) is 11.3 Å². The van der Waals surface area contributed by atoms with E-state index in [1.165, 1.54) is 11.3 Å². The summed E-state index contributed by atoms with van der Waals surface area (Å²) < 4.78 is 29.9. The van der Waals surface area contributed by atoms with Crippen molar-refractivity contribution < 1.29 is 8.42 Å². The van der Waals surface area contributed by atoms with Crippen LogP contribution in [0.4, 0.5) is 0 Å². The lowest BCUT2D eigenvalue weighted by Crippen LogP contribution is -2.23. The molecule has 0 saturated heterocycles. The highest BCUT2D eigenvalue weighted by Gasteiger charge is 2.24. The van der Waals surface area contributed by atoms with E-state index >= 15 is 0 Å². The van der Waals surface area contributed by atoms with E-state index in [0.29, 0.717) is 5.69 Å². The quantitative estimate of drug-likeness (QED) is 0.731. The van der Waals surface area contributed by atoms with Crippen LogP contribution in [0, 0.1) is 0 Å². The van der Waals surface area contributed by atoms with Gasteiger partial charge in [0.05, 0.1) is 4.88 Å². The highest BCUT2D eigenvalue weighted by molar-refractivity contribution is 7.89. The van der Waals surface area contributed by atoms with E-state index in [0.717, 1.165) is 10.4 Å². The average Bonchev–Trinajstić information content (AvgIpc) is 3.23. The average molecular weight is 362 g/mol. The zero-order chi connectivity index (χ0) is 17.2. The minimum Gasteiger partial charge on any atom is -0.268 e. The second kappa shape index (κ2) is 6.84. The lowest BCUT2D eigenvalue weighted by molar-refractivity contribution is 0.532. The minimum atomic E-state index is -3.67. The first-order chi connectivity index (χ1) is 11.5. The first-order valence-corrected chi connectivity index (χ1v) is 9.85. The van der Waals surface area contributed by atoms with Crippen LogP contribution in [-0.2, 0) is 16.6 Å². The summed E-state index contributed by atoms with van der Waals surface area (Å²) >= 11 is 1.47. The SMILES string of the molecule is CC(C)n1cc(S(=O)(=O)NCc2ccncc2)c(-c2cccs2)n1. The van der Waals surface area contributed by atoms with Gasteiger partial charge in [-0.2, -0.15) is 5.10 Å². The Hall–Kier alpha value is -2.03. The molecular weight excluding hydrogens is 344 g/mol. The molecule has 1 N–H and O–H groups in total. The number of hydrogen-bond donors (Lipinski definition) is 1. The van der Waals surface area contributed by atoms with Crippen LogP contribution in [0.15, 0.2) is 53.1 Å². The summed E-state index contributed by atoms with van der Waals surface area (Å²) in [6.45, 7) is 4.14. The summed E-state index contributed by atoms with van der Waals surface area (Å²) in [5.41, 5.74) is 1.34. The summed E-state index contributed by atoms with van der Waals surface area (Å²) in [5.74, 6) is 0. The number of hydrogen-bond acceptors (Lipinski definition) is 5. The van der Waals surface area contributed by atoms with Crippen LogP contribution in [0.3, 0.4) is 0 Å². The minimum absolute atomic E-state index is 0.0767. The van der Waals surface area contributed by atoms with Gasteiger partial charge in [0.2, 0.25) is 10.0 Å². The summed E-state index contributed by atoms with van der Waals surface area (Å²) in [6, 6.07) is 7.39. The smallest absolute Gasteiger partial charge is 0.244 e. The monoisotopic (exact) mass is 362 g/mol. The Morgan fingerprint density at radius 3 is 2.62 bits per heavy atom. The van der Waals surface area contributed by atoms with Crippen LogP contribution in [0.2, 0.25) is 0 Å². The van der Waals surface area contributed by atoms with Gasteiger partial charge in [0.15, 0.2) is 0 Å². The topological polar surface area (TPSA) is 76.9 Å². The molecule has 0 aliphatic heterocycles. The van der Waals surface area contributed by atoms with Gasteiger partial charge in [-0.05, 0) is 43.0 Å². The standard InChI is InChI=1S/C16H18N4O2S2/c1-12(2)20-11-15(16(19-20)14-4-3-9-23-14)24(21,22)18-10-13-5-7-17-8-6-13/h3-9,11-12,18H,10H2,1-2H3. The van der Waals surface area contributed by atoms with Crippen LogP contribution in [-0.4, -0.2) is 23.2 Å². The molecule has 0 unspecified atom stereocenters. The maximum absolute atomic E-state index is 12.8. The summed E-state index contributed by atoms with van der Waals surface area (Å²) in [7, 11) is -3.67. The second-order valence-electron chi connectivity index (χ2n) is 5.57. The third-order valence-corrected chi connectivity index (χ3v) is 5.77. The molecule has 0 fully saturated rings. The van der Waals surface area contributed by atoms with Crippen molar-refractivity contribution in [3.8, 4) is 10.6 Å². The molecule has 24 heavy (non-hydrogen) atoms. The van der Waals surface area contributed by atoms with E-state index in [4.69, 9.17) is 0 Å². The van der Waals surface area contributed by atoms with Crippen LogP contribution in [0.1, 0.15) is 25.5 Å². The maximum Gasteiger partial charge on any atom is 0.244 e. The molecule has 0 atom stereocenters. The molecule has 0 bridgehead atoms. The molecule has 3 aromatic rings. The maximum atomic E-state index is 12.8. The molecule has 0 radical (unpaired) electrons. The normalized spacial score (nSPS) is 12.0. The second-order valence-corrected chi connectivity index (χ2v) is 8.26. The summed E-state index contributed by atoms with van der Waals surface area (Å²) in [6.07, 6.45) is 4.86. The number of aromatic nitrogens is 3. The van der Waals surface area contributed by atoms with E-state index in [1.807, 2.05) is 31.4 Å². The number of nitrogens with zero attached hydrogens (tertiary/aromatic N) is 3. The molecule has 3 heterocycles. The third kappa shape index (κ3) is 3.55. The molecule has 3 rings (SSSR count). The molecule has 6 nitrogen and oxygen atoms in total. The van der Waals surface area contributed by atoms with Gasteiger partial charge in [0, 0.05) is 31.2 Å². The van der Waals surface area contributed by atoms with E-state index in [1.54, 1.807) is 35.4 Å². The Kier molecular flexibility index (Phi) is 4.79. The van der Waals surface area contributed by atoms with E-state index in [-0.39, 0.29) is 17.5 Å². The van der Waals surface area contributed by atoms with Crippen molar-refractivity contribution in [1.82, 2.24) is 19.5 Å². The zero-order valence-electron chi connectivity index (χ0n) is 13.4. The van der Waals surface area contributed by atoms with Crippen LogP contribution in [0.5, 0.6) is 0 Å². The molecule has 0 amide bonds. The molecule has 0 spiro atoms. The van der Waals surface area contributed by atoms with Crippen LogP contribution >= 0.6 is 11.3 Å². The highest BCUT2D eigenvalue weighted by Crippen LogP contribution is 2.30. The fourth-order valence-electron chi connectivity index (χ4n) is 2.18. The summed E-state index contributed by atoms with van der Waals surface area (Å²) in [5, 5.41) is 6.38. The Balaban J connectivity index is 1.94. The molecule has 0 aromatic carbocycles. The molecule has 8 heteroatoms. The molecular formula is C16H18N4O2S2. The predicted molar refractivity (Wildman–Crippen MR) is 94.2 cm³/mol. The number of nitrogens with one attached hydrogen (secondary N) is 1. The first-order valence-electron chi connectivity index (χ1n) is 7.49. The third-order valence-electron chi connectivity index (χ3n) is 3.49. The number of thiophene rings is 1. The van der Waals surface area contributed by atoms with Crippen molar-refractivity contribution in [2.24, 2.45) is 0 Å². The molecule has 126 valence electrons. The molecule has 0 aliphatic carbocycles. The van der Waals surface area contributed by atoms with Crippen molar-refractivity contribution in [2.75, 3.05) is 0 Å². The van der Waals surface area contributed by atoms with Crippen molar-refractivity contribution in [1.29, 1.82) is 0 Å². The van der Waals surface area contributed by atoms with E-state index < -0.39 is 10.0 Å². The fraction of sp³-hybridized carbons (Fsp3) is 0.250. The van der Waals surface area contributed by atoms with Gasteiger partial charge in [-0.25, -0.2) is 13.1 Å². The highest BCUT2D eigenvalue weighted by atomic mass is 32.2. The molecule has 0 saturated carbocycles. The van der Waals surface area contributed by atoms with Gasteiger partial charge >= 0.3 is 0 Å². The molecule has 3 aromatic heterocycles. The Bertz CT molecular complexity index is 901. The number of sulfonamides is 1. The number of rotatable bonds is 6. The summed E-state index contributed by atoms with van der Waals surface area (Å²) in [4.78, 5) is 4.96. The van der Waals surface area contributed by atoms with Gasteiger partial charge < -0.3 is 0 Å². The fourth-order valence-corrected chi connectivity index (χ4v) is 4.13. The van der Waals surface area contributed by atoms with Gasteiger partial charge in [-0.1, -0.05) is 6.07 Å². The van der Waals surface area contributed by atoms with Gasteiger partial charge in [0.1, 0.15) is 10.6 Å². The first kappa shape index (κ1) is 16.8. The Labute approximate surface area is 145 Å². The Morgan fingerprint density at radius 1 is 1.25 bits per heavy atom. The Morgan fingerprint density at radius 2 is 2.00 bits per heavy atom. The van der Waals surface area contributed by atoms with Crippen LogP contribution in [0.25, 0.3) is 10.6 Å². The van der Waals surface area contributed by atoms with Crippen molar-refractivity contribution >= 4 is 21.4 Å². The lowest BCUT2D eigenvalue weighted by atomic mass is 10.3. The zero-order valence-corrected chi connectivity index (χ0v) is 15.0. The lowest BCUT2D eigenvalue weighted by Gasteiger charge is -2.06. The van der Waals surface area contributed by atoms with Crippen molar-refractivity contribution in [3.63, 3.8) is 0 Å². The van der Waals surface area contributed by atoms with Crippen molar-refractivity contribution in [2.45, 2.75) is 31.3 Å². The van der Waals surface area contributed by atoms with E-state index in [9.17, 15) is 8.42 Å². The largest absolute Gasteiger partial charge is 0.268 e. The predicted octanol–water partition coefficient (Wildman–Crippen LogP) is 3.07. The number of pyridine rings is 1. The van der Waals surface area contributed by atoms with E-state index in [2.05, 4.69) is 14.8 Å².